The summed E-state index contributed by atoms with van der Waals surface area (Å²) in [6.07, 6.45) is 9.68. The highest BCUT2D eigenvalue weighted by atomic mass is 16.1. The van der Waals surface area contributed by atoms with Gasteiger partial charge in [0.05, 0.1) is 11.9 Å². The number of hydrogen-bond acceptors (Lipinski definition) is 2. The van der Waals surface area contributed by atoms with E-state index in [1.54, 1.807) is 6.20 Å². The van der Waals surface area contributed by atoms with Crippen molar-refractivity contribution in [3.05, 3.63) is 12.4 Å². The summed E-state index contributed by atoms with van der Waals surface area (Å²) < 4.78 is 1.83. The van der Waals surface area contributed by atoms with E-state index in [1.807, 2.05) is 17.8 Å². The van der Waals surface area contributed by atoms with Gasteiger partial charge in [-0.25, -0.2) is 0 Å². The maximum atomic E-state index is 12.0. The van der Waals surface area contributed by atoms with Gasteiger partial charge in [0.1, 0.15) is 0 Å². The molecule has 2 saturated carbocycles. The molecule has 1 amide bonds. The molecule has 0 radical (unpaired) electrons. The number of aromatic nitrogens is 2. The van der Waals surface area contributed by atoms with E-state index in [1.165, 1.54) is 25.7 Å². The van der Waals surface area contributed by atoms with Gasteiger partial charge < -0.3 is 5.32 Å². The molecule has 18 heavy (non-hydrogen) atoms. The van der Waals surface area contributed by atoms with Crippen molar-refractivity contribution in [1.29, 1.82) is 0 Å². The average molecular weight is 247 g/mol. The molecule has 3 rings (SSSR count). The highest BCUT2D eigenvalue weighted by Gasteiger charge is 2.40. The maximum Gasteiger partial charge on any atom is 0.224 e. The fourth-order valence-electron chi connectivity index (χ4n) is 3.68. The Bertz CT molecular complexity index is 440. The Morgan fingerprint density at radius 1 is 1.50 bits per heavy atom. The van der Waals surface area contributed by atoms with Crippen molar-refractivity contribution in [2.75, 3.05) is 5.32 Å². The molecular formula is C14H21N3O. The van der Waals surface area contributed by atoms with Gasteiger partial charge in [-0.05, 0) is 43.9 Å². The van der Waals surface area contributed by atoms with Crippen LogP contribution in [0.1, 0.15) is 39.0 Å². The number of anilines is 1. The van der Waals surface area contributed by atoms with Crippen molar-refractivity contribution in [3.8, 4) is 0 Å². The third-order valence-electron chi connectivity index (χ3n) is 4.57. The predicted octanol–water partition coefficient (Wildman–Crippen LogP) is 2.67. The van der Waals surface area contributed by atoms with Crippen LogP contribution in [0.3, 0.4) is 0 Å². The number of fused-ring (bicyclic) bond motifs is 2. The van der Waals surface area contributed by atoms with Crippen molar-refractivity contribution in [3.63, 3.8) is 0 Å². The quantitative estimate of drug-likeness (QED) is 0.889. The summed E-state index contributed by atoms with van der Waals surface area (Å²) in [5, 5.41) is 7.12. The van der Waals surface area contributed by atoms with Crippen LogP contribution in [0.25, 0.3) is 0 Å². The molecule has 1 heterocycles. The van der Waals surface area contributed by atoms with Crippen LogP contribution in [0.4, 0.5) is 5.69 Å². The number of aryl methyl sites for hydroxylation is 1. The lowest BCUT2D eigenvalue weighted by atomic mass is 9.86. The Kier molecular flexibility index (Phi) is 3.10. The van der Waals surface area contributed by atoms with Gasteiger partial charge in [-0.15, -0.1) is 0 Å². The first-order chi connectivity index (χ1) is 8.74. The SMILES string of the molecule is CCn1cc(NC(=O)CC2CC3CCC2C3)cn1. The number of hydrogen-bond donors (Lipinski definition) is 1. The van der Waals surface area contributed by atoms with Crippen LogP contribution in [0, 0.1) is 17.8 Å². The molecule has 2 bridgehead atoms. The summed E-state index contributed by atoms with van der Waals surface area (Å²) in [5.74, 6) is 2.52. The van der Waals surface area contributed by atoms with Crippen LogP contribution in [0.2, 0.25) is 0 Å². The second kappa shape index (κ2) is 4.75. The first-order valence-electron chi connectivity index (χ1n) is 7.07. The fourth-order valence-corrected chi connectivity index (χ4v) is 3.68. The standard InChI is InChI=1S/C14H21N3O/c1-2-17-9-13(8-15-17)16-14(18)7-12-6-10-3-4-11(12)5-10/h8-12H,2-7H2,1H3,(H,16,18). The van der Waals surface area contributed by atoms with E-state index in [-0.39, 0.29) is 5.91 Å². The van der Waals surface area contributed by atoms with Crippen LogP contribution in [0.15, 0.2) is 12.4 Å². The van der Waals surface area contributed by atoms with Crippen molar-refractivity contribution in [2.24, 2.45) is 17.8 Å². The number of carbonyl (C=O) groups excluding carboxylic acids is 1. The average Bonchev–Trinajstić information content (AvgIpc) is 3.04. The Labute approximate surface area is 108 Å². The van der Waals surface area contributed by atoms with Gasteiger partial charge in [0.25, 0.3) is 0 Å². The van der Waals surface area contributed by atoms with Gasteiger partial charge >= 0.3 is 0 Å². The molecule has 0 aliphatic heterocycles. The molecule has 0 spiro atoms. The molecule has 0 saturated heterocycles. The Hall–Kier alpha value is -1.32. The van der Waals surface area contributed by atoms with Gasteiger partial charge in [0, 0.05) is 19.2 Å². The second-order valence-corrected chi connectivity index (χ2v) is 5.77. The van der Waals surface area contributed by atoms with Crippen LogP contribution in [-0.2, 0) is 11.3 Å². The lowest BCUT2D eigenvalue weighted by Gasteiger charge is -2.20. The van der Waals surface area contributed by atoms with E-state index < -0.39 is 0 Å². The summed E-state index contributed by atoms with van der Waals surface area (Å²) in [4.78, 5) is 12.0. The van der Waals surface area contributed by atoms with Gasteiger partial charge in [0.2, 0.25) is 5.91 Å². The number of amides is 1. The van der Waals surface area contributed by atoms with E-state index in [0.717, 1.165) is 24.1 Å². The molecule has 2 aliphatic carbocycles. The summed E-state index contributed by atoms with van der Waals surface area (Å²) in [7, 11) is 0. The summed E-state index contributed by atoms with van der Waals surface area (Å²) in [5.41, 5.74) is 0.824. The minimum atomic E-state index is 0.156. The fraction of sp³-hybridized carbons (Fsp3) is 0.714. The van der Waals surface area contributed by atoms with Crippen molar-refractivity contribution in [2.45, 2.75) is 45.6 Å². The highest BCUT2D eigenvalue weighted by Crippen LogP contribution is 2.49. The van der Waals surface area contributed by atoms with Gasteiger partial charge in [0.15, 0.2) is 0 Å². The third kappa shape index (κ3) is 2.28. The van der Waals surface area contributed by atoms with Gasteiger partial charge in [-0.2, -0.15) is 5.10 Å². The first-order valence-corrected chi connectivity index (χ1v) is 7.07. The molecule has 4 nitrogen and oxygen atoms in total. The topological polar surface area (TPSA) is 46.9 Å². The molecule has 1 aromatic rings. The Morgan fingerprint density at radius 3 is 3.00 bits per heavy atom. The first kappa shape index (κ1) is 11.8. The molecule has 1 N–H and O–H groups in total. The number of rotatable bonds is 4. The van der Waals surface area contributed by atoms with E-state index in [2.05, 4.69) is 10.4 Å². The zero-order chi connectivity index (χ0) is 12.5. The Balaban J connectivity index is 1.52. The van der Waals surface area contributed by atoms with Crippen LogP contribution < -0.4 is 5.32 Å². The van der Waals surface area contributed by atoms with Crippen LogP contribution >= 0.6 is 0 Å². The van der Waals surface area contributed by atoms with Crippen LogP contribution in [-0.4, -0.2) is 15.7 Å². The zero-order valence-corrected chi connectivity index (χ0v) is 10.9. The van der Waals surface area contributed by atoms with Gasteiger partial charge in [-0.3, -0.25) is 9.48 Å². The molecule has 3 unspecified atom stereocenters. The minimum Gasteiger partial charge on any atom is -0.323 e. The third-order valence-corrected chi connectivity index (χ3v) is 4.57. The van der Waals surface area contributed by atoms with E-state index in [9.17, 15) is 4.79 Å². The highest BCUT2D eigenvalue weighted by molar-refractivity contribution is 5.90. The van der Waals surface area contributed by atoms with Gasteiger partial charge in [-0.1, -0.05) is 6.42 Å². The molecule has 2 aliphatic rings. The Morgan fingerprint density at radius 2 is 2.39 bits per heavy atom. The normalized spacial score (nSPS) is 29.7. The number of carbonyl (C=O) groups is 1. The number of nitrogens with zero attached hydrogens (tertiary/aromatic N) is 2. The molecule has 2 fully saturated rings. The van der Waals surface area contributed by atoms with Crippen molar-refractivity contribution in [1.82, 2.24) is 9.78 Å². The molecule has 3 atom stereocenters. The number of nitrogens with one attached hydrogen (secondary N) is 1. The molecule has 4 heteroatoms. The van der Waals surface area contributed by atoms with E-state index in [4.69, 9.17) is 0 Å². The second-order valence-electron chi connectivity index (χ2n) is 5.77. The van der Waals surface area contributed by atoms with E-state index >= 15 is 0 Å². The van der Waals surface area contributed by atoms with Crippen molar-refractivity contribution >= 4 is 11.6 Å². The molecule has 0 aromatic carbocycles. The van der Waals surface area contributed by atoms with Crippen molar-refractivity contribution < 1.29 is 4.79 Å². The van der Waals surface area contributed by atoms with Crippen LogP contribution in [0.5, 0.6) is 0 Å². The zero-order valence-electron chi connectivity index (χ0n) is 10.9. The summed E-state index contributed by atoms with van der Waals surface area (Å²) >= 11 is 0. The minimum absolute atomic E-state index is 0.156. The molecule has 1 aromatic heterocycles. The maximum absolute atomic E-state index is 12.0. The monoisotopic (exact) mass is 247 g/mol. The molecular weight excluding hydrogens is 226 g/mol. The van der Waals surface area contributed by atoms with E-state index in [0.29, 0.717) is 12.3 Å². The smallest absolute Gasteiger partial charge is 0.224 e. The lowest BCUT2D eigenvalue weighted by Crippen LogP contribution is -2.20. The predicted molar refractivity (Wildman–Crippen MR) is 70.1 cm³/mol. The lowest BCUT2D eigenvalue weighted by molar-refractivity contribution is -0.117. The summed E-state index contributed by atoms with van der Waals surface area (Å²) in [6.45, 7) is 2.87. The molecule has 98 valence electrons. The summed E-state index contributed by atoms with van der Waals surface area (Å²) in [6, 6.07) is 0. The largest absolute Gasteiger partial charge is 0.323 e.